The van der Waals surface area contributed by atoms with Crippen molar-refractivity contribution in [3.8, 4) is 11.8 Å². The van der Waals surface area contributed by atoms with Gasteiger partial charge in [0.05, 0.1) is 23.7 Å². The minimum Gasteiger partial charge on any atom is -0.317 e. The molecule has 0 aliphatic carbocycles. The van der Waals surface area contributed by atoms with Crippen LogP contribution in [0.25, 0.3) is 5.52 Å². The van der Waals surface area contributed by atoms with Crippen molar-refractivity contribution in [1.82, 2.24) is 14.5 Å². The molecule has 0 saturated carbocycles. The molecule has 0 N–H and O–H groups in total. The number of halogens is 2. The van der Waals surface area contributed by atoms with Gasteiger partial charge in [0.2, 0.25) is 5.91 Å². The summed E-state index contributed by atoms with van der Waals surface area (Å²) < 4.78 is 31.8. The van der Waals surface area contributed by atoms with Crippen LogP contribution in [-0.2, 0) is 10.3 Å². The lowest BCUT2D eigenvalue weighted by molar-refractivity contribution is -0.122. The molecular formula is C27H20F2N4O2. The average Bonchev–Trinajstić information content (AvgIpc) is 3.29. The number of aromatic nitrogens is 2. The molecule has 5 rings (SSSR count). The van der Waals surface area contributed by atoms with Gasteiger partial charge in [0.15, 0.2) is 11.6 Å². The highest BCUT2D eigenvalue weighted by molar-refractivity contribution is 6.16. The molecule has 2 aromatic carbocycles. The van der Waals surface area contributed by atoms with E-state index in [4.69, 9.17) is 0 Å². The summed E-state index contributed by atoms with van der Waals surface area (Å²) in [6, 6.07) is 15.7. The van der Waals surface area contributed by atoms with Crippen LogP contribution in [-0.4, -0.2) is 33.5 Å². The predicted molar refractivity (Wildman–Crippen MR) is 127 cm³/mol. The minimum atomic E-state index is -1.05. The molecule has 0 bridgehead atoms. The Hall–Kier alpha value is -4.51. The molecular weight excluding hydrogens is 450 g/mol. The topological polar surface area (TPSA) is 57.9 Å². The van der Waals surface area contributed by atoms with E-state index in [1.807, 2.05) is 24.3 Å². The van der Waals surface area contributed by atoms with E-state index in [1.165, 1.54) is 11.9 Å². The average molecular weight is 470 g/mol. The first-order valence-corrected chi connectivity index (χ1v) is 10.9. The highest BCUT2D eigenvalue weighted by atomic mass is 19.1. The van der Waals surface area contributed by atoms with Crippen LogP contribution >= 0.6 is 0 Å². The second kappa shape index (κ2) is 8.37. The molecule has 1 fully saturated rings. The van der Waals surface area contributed by atoms with Crippen LogP contribution in [0.4, 0.5) is 19.3 Å². The van der Waals surface area contributed by atoms with Crippen LogP contribution in [0.3, 0.4) is 0 Å². The van der Waals surface area contributed by atoms with Crippen LogP contribution in [0.1, 0.15) is 30.0 Å². The van der Waals surface area contributed by atoms with E-state index in [0.717, 1.165) is 17.6 Å². The van der Waals surface area contributed by atoms with Crippen LogP contribution in [0.2, 0.25) is 0 Å². The molecule has 3 heterocycles. The summed E-state index contributed by atoms with van der Waals surface area (Å²) in [7, 11) is 1.50. The van der Waals surface area contributed by atoms with E-state index in [0.29, 0.717) is 16.0 Å². The number of fused-ring (bicyclic) bond motifs is 1. The first-order valence-electron chi connectivity index (χ1n) is 10.9. The summed E-state index contributed by atoms with van der Waals surface area (Å²) in [4.78, 5) is 28.4. The second-order valence-electron chi connectivity index (χ2n) is 8.51. The maximum Gasteiger partial charge on any atom is 0.332 e. The fourth-order valence-electron chi connectivity index (χ4n) is 4.32. The van der Waals surface area contributed by atoms with Crippen molar-refractivity contribution in [2.45, 2.75) is 18.9 Å². The monoisotopic (exact) mass is 470 g/mol. The minimum absolute atomic E-state index is 0.0917. The smallest absolute Gasteiger partial charge is 0.317 e. The fourth-order valence-corrected chi connectivity index (χ4v) is 4.32. The highest BCUT2D eigenvalue weighted by Gasteiger charge is 2.48. The number of benzene rings is 2. The number of carbonyl (C=O) groups is 2. The van der Waals surface area contributed by atoms with Crippen molar-refractivity contribution in [3.05, 3.63) is 101 Å². The van der Waals surface area contributed by atoms with Gasteiger partial charge < -0.3 is 4.90 Å². The van der Waals surface area contributed by atoms with Crippen molar-refractivity contribution in [2.24, 2.45) is 0 Å². The van der Waals surface area contributed by atoms with E-state index in [1.54, 1.807) is 48.1 Å². The number of anilines is 1. The largest absolute Gasteiger partial charge is 0.332 e. The molecule has 1 atom stereocenters. The molecule has 1 saturated heterocycles. The van der Waals surface area contributed by atoms with Crippen molar-refractivity contribution in [3.63, 3.8) is 0 Å². The van der Waals surface area contributed by atoms with Crippen LogP contribution < -0.4 is 4.90 Å². The number of hydrogen-bond donors (Lipinski definition) is 0. The Morgan fingerprint density at radius 1 is 0.943 bits per heavy atom. The van der Waals surface area contributed by atoms with Gasteiger partial charge in [-0.2, -0.15) is 5.10 Å². The summed E-state index contributed by atoms with van der Waals surface area (Å²) in [5.74, 6) is 2.74. The summed E-state index contributed by atoms with van der Waals surface area (Å²) in [6.07, 6.45) is 3.18. The van der Waals surface area contributed by atoms with E-state index >= 15 is 8.78 Å². The normalized spacial score (nSPS) is 18.1. The zero-order valence-electron chi connectivity index (χ0n) is 19.0. The van der Waals surface area contributed by atoms with E-state index < -0.39 is 34.8 Å². The summed E-state index contributed by atoms with van der Waals surface area (Å²) in [5, 5.41) is 4.30. The number of rotatable bonds is 2. The molecule has 0 spiro atoms. The lowest BCUT2D eigenvalue weighted by Gasteiger charge is -2.45. The van der Waals surface area contributed by atoms with Gasteiger partial charge in [0.1, 0.15) is 5.69 Å². The Kier molecular flexibility index (Phi) is 5.33. The molecule has 6 nitrogen and oxygen atoms in total. The van der Waals surface area contributed by atoms with Crippen LogP contribution in [0.15, 0.2) is 73.1 Å². The number of urea groups is 1. The van der Waals surface area contributed by atoms with Crippen molar-refractivity contribution in [1.29, 1.82) is 0 Å². The lowest BCUT2D eigenvalue weighted by Crippen LogP contribution is -2.60. The molecule has 174 valence electrons. The molecule has 8 heteroatoms. The Morgan fingerprint density at radius 2 is 1.60 bits per heavy atom. The quantitative estimate of drug-likeness (QED) is 0.399. The molecule has 2 aromatic heterocycles. The van der Waals surface area contributed by atoms with E-state index in [9.17, 15) is 9.59 Å². The molecule has 0 radical (unpaired) electrons. The Morgan fingerprint density at radius 3 is 2.31 bits per heavy atom. The van der Waals surface area contributed by atoms with Gasteiger partial charge in [-0.05, 0) is 43.3 Å². The van der Waals surface area contributed by atoms with Gasteiger partial charge >= 0.3 is 6.03 Å². The second-order valence-corrected chi connectivity index (χ2v) is 8.51. The maximum atomic E-state index is 15.1. The highest BCUT2D eigenvalue weighted by Crippen LogP contribution is 2.40. The number of hydrogen-bond acceptors (Lipinski definition) is 3. The Bertz CT molecular complexity index is 1510. The van der Waals surface area contributed by atoms with Gasteiger partial charge in [-0.15, -0.1) is 0 Å². The summed E-state index contributed by atoms with van der Waals surface area (Å²) in [5.41, 5.74) is 0.409. The Labute approximate surface area is 200 Å². The number of carbonyl (C=O) groups excluding carboxylic acids is 2. The number of imide groups is 1. The SMILES string of the molecule is CN1C(=O)N(c2c(F)cc(C#Cc3ccccc3)cc2F)C(=O)C[C@@]1(C)c1cnn2ccccc12. The third-order valence-electron chi connectivity index (χ3n) is 6.34. The molecule has 0 unspecified atom stereocenters. The summed E-state index contributed by atoms with van der Waals surface area (Å²) in [6.45, 7) is 1.74. The first kappa shape index (κ1) is 22.3. The van der Waals surface area contributed by atoms with E-state index in [2.05, 4.69) is 16.9 Å². The van der Waals surface area contributed by atoms with Gasteiger partial charge in [-0.25, -0.2) is 23.0 Å². The van der Waals surface area contributed by atoms with Gasteiger partial charge in [-0.3, -0.25) is 4.79 Å². The van der Waals surface area contributed by atoms with Gasteiger partial charge in [-0.1, -0.05) is 36.1 Å². The Balaban J connectivity index is 1.49. The zero-order chi connectivity index (χ0) is 24.7. The molecule has 35 heavy (non-hydrogen) atoms. The lowest BCUT2D eigenvalue weighted by atomic mass is 9.85. The number of amides is 3. The van der Waals surface area contributed by atoms with Crippen LogP contribution in [0.5, 0.6) is 0 Å². The fraction of sp³-hybridized carbons (Fsp3) is 0.148. The van der Waals surface area contributed by atoms with Crippen molar-refractivity contribution in [2.75, 3.05) is 11.9 Å². The third kappa shape index (κ3) is 3.71. The van der Waals surface area contributed by atoms with Crippen LogP contribution in [0, 0.1) is 23.5 Å². The van der Waals surface area contributed by atoms with Gasteiger partial charge in [0, 0.05) is 29.9 Å². The van der Waals surface area contributed by atoms with Crippen molar-refractivity contribution < 1.29 is 18.4 Å². The molecule has 3 amide bonds. The molecule has 4 aromatic rings. The standard InChI is InChI=1S/C27H20F2N4O2/c1-27(20-17-30-32-13-7-6-10-23(20)32)16-24(34)33(26(35)31(27)2)25-21(28)14-19(15-22(25)29)12-11-18-8-4-3-5-9-18/h3-10,13-15,17H,16H2,1-2H3/t27-/m0/s1. The molecule has 1 aliphatic heterocycles. The van der Waals surface area contributed by atoms with E-state index in [-0.39, 0.29) is 12.0 Å². The predicted octanol–water partition coefficient (Wildman–Crippen LogP) is 4.72. The zero-order valence-corrected chi connectivity index (χ0v) is 19.0. The molecule has 1 aliphatic rings. The van der Waals surface area contributed by atoms with Gasteiger partial charge in [0.25, 0.3) is 0 Å². The number of nitrogens with zero attached hydrogens (tertiary/aromatic N) is 4. The maximum absolute atomic E-state index is 15.1. The van der Waals surface area contributed by atoms with Crippen molar-refractivity contribution >= 4 is 23.1 Å². The summed E-state index contributed by atoms with van der Waals surface area (Å²) >= 11 is 0. The number of pyridine rings is 1. The first-order chi connectivity index (χ1) is 16.8. The third-order valence-corrected chi connectivity index (χ3v) is 6.34.